The Bertz CT molecular complexity index is 1190. The van der Waals surface area contributed by atoms with Crippen LogP contribution < -0.4 is 10.1 Å². The molecule has 0 aliphatic heterocycles. The quantitative estimate of drug-likeness (QED) is 0.371. The lowest BCUT2D eigenvalue weighted by Crippen LogP contribution is -2.44. The van der Waals surface area contributed by atoms with Crippen molar-refractivity contribution in [2.45, 2.75) is 47.2 Å². The molecule has 0 aliphatic carbocycles. The van der Waals surface area contributed by atoms with E-state index in [0.29, 0.717) is 23.7 Å². The Hall–Kier alpha value is -4.08. The first-order valence-corrected chi connectivity index (χ1v) is 11.2. The van der Waals surface area contributed by atoms with Gasteiger partial charge in [-0.05, 0) is 73.9 Å². The lowest BCUT2D eigenvalue weighted by Gasteiger charge is -2.17. The molecule has 0 unspecified atom stereocenters. The molecule has 0 spiro atoms. The normalized spacial score (nSPS) is 12.3. The summed E-state index contributed by atoms with van der Waals surface area (Å²) in [6, 6.07) is 12.7. The molecular weight excluding hydrogens is 450 g/mol. The summed E-state index contributed by atoms with van der Waals surface area (Å²) < 4.78 is 5.37. The van der Waals surface area contributed by atoms with E-state index in [4.69, 9.17) is 4.74 Å². The zero-order chi connectivity index (χ0) is 25.8. The molecular formula is C25H29N5O5. The summed E-state index contributed by atoms with van der Waals surface area (Å²) in [5.74, 6) is -1.22. The number of hydrogen-bond acceptors (Lipinski definition) is 7. The second kappa shape index (κ2) is 10.5. The number of ether oxygens (including phenoxy) is 1. The molecule has 1 atom stereocenters. The number of nitrogens with one attached hydrogen (secondary N) is 1. The highest BCUT2D eigenvalue weighted by atomic mass is 16.5. The van der Waals surface area contributed by atoms with Crippen molar-refractivity contribution in [3.8, 4) is 17.1 Å². The van der Waals surface area contributed by atoms with E-state index >= 15 is 0 Å². The number of aliphatic carboxylic acids is 1. The molecule has 1 heterocycles. The molecule has 0 saturated carbocycles. The van der Waals surface area contributed by atoms with Gasteiger partial charge in [-0.15, -0.1) is 10.2 Å². The summed E-state index contributed by atoms with van der Waals surface area (Å²) >= 11 is 0. The van der Waals surface area contributed by atoms with Gasteiger partial charge in [0.25, 0.3) is 5.91 Å². The highest BCUT2D eigenvalue weighted by Gasteiger charge is 2.24. The maximum absolute atomic E-state index is 12.4. The second-order valence-electron chi connectivity index (χ2n) is 9.54. The molecule has 2 N–H and O–H groups in total. The first-order valence-electron chi connectivity index (χ1n) is 11.2. The minimum absolute atomic E-state index is 0.238. The average molecular weight is 480 g/mol. The Balaban J connectivity index is 1.62. The number of tetrazole rings is 1. The number of benzene rings is 2. The van der Waals surface area contributed by atoms with E-state index in [1.54, 1.807) is 83.1 Å². The van der Waals surface area contributed by atoms with E-state index in [2.05, 4.69) is 20.7 Å². The van der Waals surface area contributed by atoms with E-state index in [-0.39, 0.29) is 11.9 Å². The maximum Gasteiger partial charge on any atom is 0.326 e. The van der Waals surface area contributed by atoms with Crippen LogP contribution in [0.25, 0.3) is 11.4 Å². The summed E-state index contributed by atoms with van der Waals surface area (Å²) in [6.45, 7) is 9.16. The molecule has 0 aliphatic rings. The third-order valence-electron chi connectivity index (χ3n) is 5.15. The SMILES string of the molecule is CC(C)[C@H](NC(=O)c1ccc(Cn2nnc(-c3ccc(OC(=O)C(C)(C)C)cc3)n2)cc1)C(=O)O. The fraction of sp³-hybridized carbons (Fsp3) is 0.360. The molecule has 3 aromatic rings. The van der Waals surface area contributed by atoms with E-state index in [1.165, 1.54) is 4.80 Å². The average Bonchev–Trinajstić information content (AvgIpc) is 3.25. The second-order valence-corrected chi connectivity index (χ2v) is 9.54. The molecule has 3 rings (SSSR count). The zero-order valence-corrected chi connectivity index (χ0v) is 20.3. The van der Waals surface area contributed by atoms with Crippen LogP contribution in [-0.2, 0) is 16.1 Å². The highest BCUT2D eigenvalue weighted by molar-refractivity contribution is 5.96. The molecule has 35 heavy (non-hydrogen) atoms. The van der Waals surface area contributed by atoms with Crippen molar-refractivity contribution < 1.29 is 24.2 Å². The van der Waals surface area contributed by atoms with Gasteiger partial charge in [-0.3, -0.25) is 9.59 Å². The van der Waals surface area contributed by atoms with Crippen molar-refractivity contribution in [1.29, 1.82) is 0 Å². The Labute approximate surface area is 203 Å². The minimum atomic E-state index is -1.07. The third-order valence-corrected chi connectivity index (χ3v) is 5.15. The van der Waals surface area contributed by atoms with Crippen molar-refractivity contribution in [3.05, 3.63) is 59.7 Å². The standard InChI is InChI=1S/C25H29N5O5/c1-15(2)20(23(32)33)26-22(31)18-8-6-16(7-9-18)14-30-28-21(27-29-30)17-10-12-19(13-11-17)35-24(34)25(3,4)5/h6-13,15,20H,14H2,1-5H3,(H,26,31)(H,32,33)/t20-/m0/s1. The van der Waals surface area contributed by atoms with Crippen molar-refractivity contribution in [3.63, 3.8) is 0 Å². The van der Waals surface area contributed by atoms with Crippen molar-refractivity contribution in [2.75, 3.05) is 0 Å². The highest BCUT2D eigenvalue weighted by Crippen LogP contribution is 2.22. The van der Waals surface area contributed by atoms with Gasteiger partial charge in [0.05, 0.1) is 12.0 Å². The molecule has 0 radical (unpaired) electrons. The van der Waals surface area contributed by atoms with E-state index in [9.17, 15) is 19.5 Å². The Morgan fingerprint density at radius 1 is 1.03 bits per heavy atom. The first-order chi connectivity index (χ1) is 16.4. The van der Waals surface area contributed by atoms with Crippen LogP contribution in [0.5, 0.6) is 5.75 Å². The number of aromatic nitrogens is 4. The minimum Gasteiger partial charge on any atom is -0.480 e. The molecule has 1 aromatic heterocycles. The summed E-state index contributed by atoms with van der Waals surface area (Å²) in [5.41, 5.74) is 1.32. The molecule has 0 saturated heterocycles. The number of nitrogens with zero attached hydrogens (tertiary/aromatic N) is 4. The number of carboxylic acids is 1. The molecule has 10 heteroatoms. The molecule has 184 valence electrons. The first kappa shape index (κ1) is 25.5. The van der Waals surface area contributed by atoms with Gasteiger partial charge in [0.2, 0.25) is 5.82 Å². The summed E-state index contributed by atoms with van der Waals surface area (Å²) in [4.78, 5) is 37.1. The third kappa shape index (κ3) is 6.72. The van der Waals surface area contributed by atoms with Crippen LogP contribution in [0.4, 0.5) is 0 Å². The van der Waals surface area contributed by atoms with Crippen molar-refractivity contribution in [1.82, 2.24) is 25.5 Å². The topological polar surface area (TPSA) is 136 Å². The molecule has 2 aromatic carbocycles. The molecule has 1 amide bonds. The van der Waals surface area contributed by atoms with Crippen LogP contribution >= 0.6 is 0 Å². The number of carbonyl (C=O) groups excluding carboxylic acids is 2. The van der Waals surface area contributed by atoms with Gasteiger partial charge in [-0.2, -0.15) is 4.80 Å². The number of rotatable bonds is 8. The summed E-state index contributed by atoms with van der Waals surface area (Å²) in [7, 11) is 0. The predicted octanol–water partition coefficient (Wildman–Crippen LogP) is 3.18. The van der Waals surface area contributed by atoms with Gasteiger partial charge in [0, 0.05) is 11.1 Å². The maximum atomic E-state index is 12.4. The number of hydrogen-bond donors (Lipinski definition) is 2. The van der Waals surface area contributed by atoms with E-state index in [0.717, 1.165) is 11.1 Å². The van der Waals surface area contributed by atoms with Crippen molar-refractivity contribution >= 4 is 17.8 Å². The zero-order valence-electron chi connectivity index (χ0n) is 20.3. The number of esters is 1. The largest absolute Gasteiger partial charge is 0.480 e. The number of carboxylic acid groups (broad SMARTS) is 1. The van der Waals surface area contributed by atoms with Gasteiger partial charge >= 0.3 is 11.9 Å². The van der Waals surface area contributed by atoms with Crippen LogP contribution in [0.2, 0.25) is 0 Å². The molecule has 0 bridgehead atoms. The van der Waals surface area contributed by atoms with Gasteiger partial charge in [-0.25, -0.2) is 4.79 Å². The van der Waals surface area contributed by atoms with Crippen LogP contribution in [0.15, 0.2) is 48.5 Å². The Morgan fingerprint density at radius 3 is 2.20 bits per heavy atom. The molecule has 0 fully saturated rings. The number of carbonyl (C=O) groups is 3. The lowest BCUT2D eigenvalue weighted by molar-refractivity contribution is -0.143. The van der Waals surface area contributed by atoms with Crippen LogP contribution in [0, 0.1) is 11.3 Å². The number of amides is 1. The predicted molar refractivity (Wildman–Crippen MR) is 128 cm³/mol. The van der Waals surface area contributed by atoms with E-state index < -0.39 is 23.3 Å². The summed E-state index contributed by atoms with van der Waals surface area (Å²) in [6.07, 6.45) is 0. The lowest BCUT2D eigenvalue weighted by atomic mass is 9.97. The van der Waals surface area contributed by atoms with Gasteiger partial charge in [-0.1, -0.05) is 26.0 Å². The Morgan fingerprint density at radius 2 is 1.66 bits per heavy atom. The smallest absolute Gasteiger partial charge is 0.326 e. The van der Waals surface area contributed by atoms with Gasteiger partial charge < -0.3 is 15.2 Å². The van der Waals surface area contributed by atoms with E-state index in [1.807, 2.05) is 0 Å². The summed E-state index contributed by atoms with van der Waals surface area (Å²) in [5, 5.41) is 24.3. The van der Waals surface area contributed by atoms with Crippen molar-refractivity contribution in [2.24, 2.45) is 11.3 Å². The van der Waals surface area contributed by atoms with Crippen LogP contribution in [0.1, 0.15) is 50.5 Å². The van der Waals surface area contributed by atoms with Gasteiger partial charge in [0.1, 0.15) is 11.8 Å². The fourth-order valence-electron chi connectivity index (χ4n) is 3.02. The van der Waals surface area contributed by atoms with Crippen LogP contribution in [0.3, 0.4) is 0 Å². The Kier molecular flexibility index (Phi) is 7.63. The monoisotopic (exact) mass is 479 g/mol. The fourth-order valence-corrected chi connectivity index (χ4v) is 3.02. The van der Waals surface area contributed by atoms with Gasteiger partial charge in [0.15, 0.2) is 0 Å². The molecule has 10 nitrogen and oxygen atoms in total. The van der Waals surface area contributed by atoms with Crippen LogP contribution in [-0.4, -0.2) is 49.2 Å².